The fraction of sp³-hybridized carbons (Fsp3) is 0.429. The van der Waals surface area contributed by atoms with Gasteiger partial charge in [-0.3, -0.25) is 9.59 Å². The first kappa shape index (κ1) is 14.5. The minimum Gasteiger partial charge on any atom is -0.438 e. The van der Waals surface area contributed by atoms with Crippen LogP contribution in [-0.4, -0.2) is 45.5 Å². The van der Waals surface area contributed by atoms with Gasteiger partial charge in [0.1, 0.15) is 11.9 Å². The smallest absolute Gasteiger partial charge is 0.291 e. The van der Waals surface area contributed by atoms with Crippen molar-refractivity contribution in [2.45, 2.75) is 20.0 Å². The third kappa shape index (κ3) is 2.77. The van der Waals surface area contributed by atoms with Gasteiger partial charge in [-0.25, -0.2) is 9.97 Å². The molecule has 2 aromatic heterocycles. The maximum Gasteiger partial charge on any atom is 0.291 e. The zero-order valence-electron chi connectivity index (χ0n) is 12.3. The van der Waals surface area contributed by atoms with E-state index < -0.39 is 6.10 Å². The van der Waals surface area contributed by atoms with Crippen LogP contribution in [0.15, 0.2) is 21.7 Å². The second-order valence-electron chi connectivity index (χ2n) is 5.13. The van der Waals surface area contributed by atoms with Crippen molar-refractivity contribution in [1.29, 1.82) is 0 Å². The molecule has 1 aliphatic heterocycles. The molecule has 0 aliphatic carbocycles. The fourth-order valence-electron chi connectivity index (χ4n) is 2.43. The fourth-order valence-corrected chi connectivity index (χ4v) is 2.43. The monoisotopic (exact) mass is 304 g/mol. The average Bonchev–Trinajstić information content (AvgIpc) is 2.92. The van der Waals surface area contributed by atoms with Gasteiger partial charge in [-0.15, -0.1) is 0 Å². The summed E-state index contributed by atoms with van der Waals surface area (Å²) in [6.45, 7) is 4.56. The number of morpholine rings is 1. The number of oxazole rings is 1. The Bertz CT molecular complexity index is 751. The summed E-state index contributed by atoms with van der Waals surface area (Å²) in [4.78, 5) is 36.4. The Kier molecular flexibility index (Phi) is 3.76. The molecule has 0 spiro atoms. The molecule has 0 radical (unpaired) electrons. The summed E-state index contributed by atoms with van der Waals surface area (Å²) >= 11 is 0. The molecule has 2 aromatic rings. The number of nitrogens with zero attached hydrogens (tertiary/aromatic N) is 3. The summed E-state index contributed by atoms with van der Waals surface area (Å²) in [6.07, 6.45) is 0.823. The number of carbonyl (C=O) groups excluding carboxylic acids is 1. The molecular formula is C14H16N4O4. The Morgan fingerprint density at radius 3 is 2.95 bits per heavy atom. The molecule has 1 amide bonds. The normalized spacial score (nSPS) is 18.5. The van der Waals surface area contributed by atoms with E-state index in [1.165, 1.54) is 12.5 Å². The van der Waals surface area contributed by atoms with E-state index in [9.17, 15) is 9.59 Å². The Morgan fingerprint density at radius 1 is 1.45 bits per heavy atom. The highest BCUT2D eigenvalue weighted by Crippen LogP contribution is 2.21. The summed E-state index contributed by atoms with van der Waals surface area (Å²) in [7, 11) is 0. The largest absolute Gasteiger partial charge is 0.438 e. The molecule has 3 rings (SSSR count). The number of aryl methyl sites for hydroxylation is 2. The molecule has 1 atom stereocenters. The summed E-state index contributed by atoms with van der Waals surface area (Å²) < 4.78 is 10.8. The molecule has 22 heavy (non-hydrogen) atoms. The second kappa shape index (κ2) is 5.72. The molecular weight excluding hydrogens is 288 g/mol. The molecule has 1 unspecified atom stereocenters. The van der Waals surface area contributed by atoms with E-state index in [0.29, 0.717) is 36.9 Å². The molecule has 1 aliphatic rings. The Labute approximate surface area is 126 Å². The standard InChI is InChI=1S/C14H16N4O4/c1-8-13(22-7-15-8)14(20)18-3-4-21-11(6-18)10-5-12(19)17-9(2)16-10/h5,7,11H,3-4,6H2,1-2H3,(H,16,17,19). The van der Waals surface area contributed by atoms with Gasteiger partial charge in [0.25, 0.3) is 11.5 Å². The molecule has 1 fully saturated rings. The molecule has 1 saturated heterocycles. The number of aromatic amines is 1. The van der Waals surface area contributed by atoms with Crippen LogP contribution in [0.3, 0.4) is 0 Å². The number of hydrogen-bond acceptors (Lipinski definition) is 6. The van der Waals surface area contributed by atoms with Crippen LogP contribution >= 0.6 is 0 Å². The van der Waals surface area contributed by atoms with Crippen molar-refractivity contribution < 1.29 is 13.9 Å². The Morgan fingerprint density at radius 2 is 2.27 bits per heavy atom. The van der Waals surface area contributed by atoms with Crippen LogP contribution in [0, 0.1) is 13.8 Å². The Balaban J connectivity index is 1.81. The molecule has 0 saturated carbocycles. The number of aromatic nitrogens is 3. The van der Waals surface area contributed by atoms with E-state index in [1.807, 2.05) is 0 Å². The van der Waals surface area contributed by atoms with Gasteiger partial charge in [0.05, 0.1) is 24.5 Å². The van der Waals surface area contributed by atoms with Crippen molar-refractivity contribution in [2.24, 2.45) is 0 Å². The number of carbonyl (C=O) groups is 1. The molecule has 1 N–H and O–H groups in total. The molecule has 8 heteroatoms. The van der Waals surface area contributed by atoms with Gasteiger partial charge in [0.15, 0.2) is 6.39 Å². The van der Waals surface area contributed by atoms with Gasteiger partial charge in [-0.05, 0) is 13.8 Å². The first-order valence-corrected chi connectivity index (χ1v) is 6.93. The minimum atomic E-state index is -0.429. The summed E-state index contributed by atoms with van der Waals surface area (Å²) in [5, 5.41) is 0. The van der Waals surface area contributed by atoms with Gasteiger partial charge in [0, 0.05) is 12.6 Å². The van der Waals surface area contributed by atoms with Crippen LogP contribution < -0.4 is 5.56 Å². The summed E-state index contributed by atoms with van der Waals surface area (Å²) in [6, 6.07) is 1.39. The Hall–Kier alpha value is -2.48. The van der Waals surface area contributed by atoms with Crippen molar-refractivity contribution >= 4 is 5.91 Å². The minimum absolute atomic E-state index is 0.232. The maximum atomic E-state index is 12.4. The lowest BCUT2D eigenvalue weighted by Gasteiger charge is -2.32. The van der Waals surface area contributed by atoms with E-state index in [-0.39, 0.29) is 17.2 Å². The lowest BCUT2D eigenvalue weighted by molar-refractivity contribution is -0.0258. The van der Waals surface area contributed by atoms with Crippen molar-refractivity contribution in [3.8, 4) is 0 Å². The third-order valence-corrected chi connectivity index (χ3v) is 3.50. The molecule has 8 nitrogen and oxygen atoms in total. The van der Waals surface area contributed by atoms with Crippen molar-refractivity contribution in [3.63, 3.8) is 0 Å². The van der Waals surface area contributed by atoms with E-state index in [0.717, 1.165) is 0 Å². The van der Waals surface area contributed by atoms with Crippen molar-refractivity contribution in [2.75, 3.05) is 19.7 Å². The first-order valence-electron chi connectivity index (χ1n) is 6.93. The van der Waals surface area contributed by atoms with Crippen LogP contribution in [0.2, 0.25) is 0 Å². The molecule has 116 valence electrons. The van der Waals surface area contributed by atoms with Gasteiger partial charge in [-0.2, -0.15) is 0 Å². The number of ether oxygens (including phenoxy) is 1. The van der Waals surface area contributed by atoms with E-state index in [4.69, 9.17) is 9.15 Å². The van der Waals surface area contributed by atoms with Gasteiger partial charge in [-0.1, -0.05) is 0 Å². The van der Waals surface area contributed by atoms with Gasteiger partial charge >= 0.3 is 0 Å². The SMILES string of the molecule is Cc1nc(C2CN(C(=O)c3ocnc3C)CCO2)cc(=O)[nH]1. The molecule has 3 heterocycles. The zero-order chi connectivity index (χ0) is 15.7. The lowest BCUT2D eigenvalue weighted by atomic mass is 10.2. The zero-order valence-corrected chi connectivity index (χ0v) is 12.3. The van der Waals surface area contributed by atoms with Crippen LogP contribution in [-0.2, 0) is 4.74 Å². The van der Waals surface area contributed by atoms with Crippen LogP contribution in [0.4, 0.5) is 0 Å². The topological polar surface area (TPSA) is 101 Å². The first-order chi connectivity index (χ1) is 10.5. The van der Waals surface area contributed by atoms with E-state index >= 15 is 0 Å². The number of nitrogens with one attached hydrogen (secondary N) is 1. The maximum absolute atomic E-state index is 12.4. The average molecular weight is 304 g/mol. The highest BCUT2D eigenvalue weighted by Gasteiger charge is 2.29. The highest BCUT2D eigenvalue weighted by atomic mass is 16.5. The third-order valence-electron chi connectivity index (χ3n) is 3.50. The molecule has 0 aromatic carbocycles. The number of amides is 1. The summed E-state index contributed by atoms with van der Waals surface area (Å²) in [5.41, 5.74) is 0.840. The van der Waals surface area contributed by atoms with Crippen molar-refractivity contribution in [3.05, 3.63) is 45.8 Å². The number of hydrogen-bond donors (Lipinski definition) is 1. The lowest BCUT2D eigenvalue weighted by Crippen LogP contribution is -2.42. The van der Waals surface area contributed by atoms with Gasteiger partial charge < -0.3 is 19.0 Å². The van der Waals surface area contributed by atoms with Crippen molar-refractivity contribution in [1.82, 2.24) is 19.9 Å². The summed E-state index contributed by atoms with van der Waals surface area (Å²) in [5.74, 6) is 0.515. The predicted octanol–water partition coefficient (Wildman–Crippen LogP) is 0.588. The quantitative estimate of drug-likeness (QED) is 0.871. The van der Waals surface area contributed by atoms with Crippen LogP contribution in [0.1, 0.15) is 33.9 Å². The van der Waals surface area contributed by atoms with Gasteiger partial charge in [0.2, 0.25) is 5.76 Å². The van der Waals surface area contributed by atoms with E-state index in [2.05, 4.69) is 15.0 Å². The predicted molar refractivity (Wildman–Crippen MR) is 75.4 cm³/mol. The highest BCUT2D eigenvalue weighted by molar-refractivity contribution is 5.92. The second-order valence-corrected chi connectivity index (χ2v) is 5.13. The number of H-pyrrole nitrogens is 1. The van der Waals surface area contributed by atoms with E-state index in [1.54, 1.807) is 18.7 Å². The van der Waals surface area contributed by atoms with Crippen LogP contribution in [0.25, 0.3) is 0 Å². The molecule has 0 bridgehead atoms. The van der Waals surface area contributed by atoms with Crippen LogP contribution in [0.5, 0.6) is 0 Å². The number of rotatable bonds is 2.